The molecule has 1 N–H and O–H groups in total. The zero-order chi connectivity index (χ0) is 14.5. The van der Waals surface area contributed by atoms with E-state index in [2.05, 4.69) is 32.1 Å². The zero-order valence-electron chi connectivity index (χ0n) is 11.9. The molecule has 0 aromatic carbocycles. The van der Waals surface area contributed by atoms with E-state index in [0.29, 0.717) is 0 Å². The molecule has 5 nitrogen and oxygen atoms in total. The Kier molecular flexibility index (Phi) is 4.02. The van der Waals surface area contributed by atoms with Crippen LogP contribution in [-0.2, 0) is 13.1 Å². The number of hydrogen-bond donors (Lipinski definition) is 1. The first-order chi connectivity index (χ1) is 10.3. The van der Waals surface area contributed by atoms with E-state index in [9.17, 15) is 0 Å². The summed E-state index contributed by atoms with van der Waals surface area (Å²) in [6.45, 7) is 1.70. The van der Waals surface area contributed by atoms with Gasteiger partial charge in [-0.05, 0) is 36.9 Å². The first-order valence-electron chi connectivity index (χ1n) is 6.83. The predicted molar refractivity (Wildman–Crippen MR) is 81.2 cm³/mol. The van der Waals surface area contributed by atoms with Gasteiger partial charge in [0.25, 0.3) is 0 Å². The molecule has 0 spiro atoms. The maximum absolute atomic E-state index is 4.17. The SMILES string of the molecule is CN(Cc1ccncc1)Cc1cn[nH]c1-c1cccnc1. The normalized spacial score (nSPS) is 11.0. The van der Waals surface area contributed by atoms with Crippen molar-refractivity contribution in [2.45, 2.75) is 13.1 Å². The number of hydrogen-bond acceptors (Lipinski definition) is 4. The first kappa shape index (κ1) is 13.5. The molecule has 21 heavy (non-hydrogen) atoms. The Morgan fingerprint density at radius 2 is 1.86 bits per heavy atom. The second-order valence-corrected chi connectivity index (χ2v) is 5.04. The van der Waals surface area contributed by atoms with Crippen molar-refractivity contribution in [2.24, 2.45) is 0 Å². The molecule has 3 heterocycles. The average molecular weight is 279 g/mol. The number of aromatic amines is 1. The van der Waals surface area contributed by atoms with Gasteiger partial charge in [-0.25, -0.2) is 0 Å². The molecule has 0 saturated heterocycles. The van der Waals surface area contributed by atoms with Gasteiger partial charge in [-0.3, -0.25) is 20.0 Å². The van der Waals surface area contributed by atoms with E-state index in [4.69, 9.17) is 0 Å². The second-order valence-electron chi connectivity index (χ2n) is 5.04. The highest BCUT2D eigenvalue weighted by molar-refractivity contribution is 5.61. The minimum absolute atomic E-state index is 0.822. The summed E-state index contributed by atoms with van der Waals surface area (Å²) in [4.78, 5) is 10.5. The minimum Gasteiger partial charge on any atom is -0.298 e. The van der Waals surface area contributed by atoms with Crippen LogP contribution in [0.4, 0.5) is 0 Å². The van der Waals surface area contributed by atoms with Crippen LogP contribution < -0.4 is 0 Å². The molecule has 0 unspecified atom stereocenters. The monoisotopic (exact) mass is 279 g/mol. The molecule has 3 aromatic heterocycles. The van der Waals surface area contributed by atoms with Gasteiger partial charge in [0.15, 0.2) is 0 Å². The highest BCUT2D eigenvalue weighted by atomic mass is 15.1. The van der Waals surface area contributed by atoms with Gasteiger partial charge >= 0.3 is 0 Å². The van der Waals surface area contributed by atoms with Crippen molar-refractivity contribution < 1.29 is 0 Å². The zero-order valence-corrected chi connectivity index (χ0v) is 11.9. The first-order valence-corrected chi connectivity index (χ1v) is 6.83. The topological polar surface area (TPSA) is 57.7 Å². The molecule has 106 valence electrons. The van der Waals surface area contributed by atoms with Gasteiger partial charge in [0.1, 0.15) is 0 Å². The van der Waals surface area contributed by atoms with Gasteiger partial charge in [0.05, 0.1) is 11.9 Å². The lowest BCUT2D eigenvalue weighted by Gasteiger charge is -2.16. The van der Waals surface area contributed by atoms with Crippen molar-refractivity contribution in [1.29, 1.82) is 0 Å². The number of nitrogens with zero attached hydrogens (tertiary/aromatic N) is 4. The quantitative estimate of drug-likeness (QED) is 0.779. The van der Waals surface area contributed by atoms with Crippen molar-refractivity contribution in [2.75, 3.05) is 7.05 Å². The average Bonchev–Trinajstić information content (AvgIpc) is 2.97. The third-order valence-corrected chi connectivity index (χ3v) is 3.31. The fourth-order valence-corrected chi connectivity index (χ4v) is 2.34. The maximum atomic E-state index is 4.17. The molecule has 0 bridgehead atoms. The van der Waals surface area contributed by atoms with E-state index in [1.165, 1.54) is 11.1 Å². The summed E-state index contributed by atoms with van der Waals surface area (Å²) >= 11 is 0. The molecule has 3 rings (SSSR count). The standard InChI is InChI=1S/C16H17N5/c1-21(11-13-4-7-17-8-5-13)12-15-10-19-20-16(15)14-3-2-6-18-9-14/h2-10H,11-12H2,1H3,(H,19,20). The molecule has 0 aliphatic rings. The van der Waals surface area contributed by atoms with Crippen LogP contribution in [0, 0.1) is 0 Å². The van der Waals surface area contributed by atoms with E-state index >= 15 is 0 Å². The van der Waals surface area contributed by atoms with E-state index in [1.54, 1.807) is 6.20 Å². The summed E-state index contributed by atoms with van der Waals surface area (Å²) in [5.74, 6) is 0. The summed E-state index contributed by atoms with van der Waals surface area (Å²) in [6, 6.07) is 8.04. The van der Waals surface area contributed by atoms with Crippen LogP contribution >= 0.6 is 0 Å². The number of pyridine rings is 2. The number of H-pyrrole nitrogens is 1. The fourth-order valence-electron chi connectivity index (χ4n) is 2.34. The lowest BCUT2D eigenvalue weighted by atomic mass is 10.1. The molecular weight excluding hydrogens is 262 g/mol. The number of aromatic nitrogens is 4. The molecule has 0 aliphatic heterocycles. The van der Waals surface area contributed by atoms with Crippen molar-refractivity contribution in [3.63, 3.8) is 0 Å². The van der Waals surface area contributed by atoms with Crippen LogP contribution in [0.5, 0.6) is 0 Å². The molecule has 0 amide bonds. The number of rotatable bonds is 5. The fraction of sp³-hybridized carbons (Fsp3) is 0.188. The van der Waals surface area contributed by atoms with E-state index in [0.717, 1.165) is 24.3 Å². The van der Waals surface area contributed by atoms with Gasteiger partial charge in [-0.1, -0.05) is 0 Å². The summed E-state index contributed by atoms with van der Waals surface area (Å²) in [6.07, 6.45) is 9.14. The second kappa shape index (κ2) is 6.28. The number of nitrogens with one attached hydrogen (secondary N) is 1. The van der Waals surface area contributed by atoms with Crippen LogP contribution in [0.2, 0.25) is 0 Å². The Balaban J connectivity index is 1.73. The lowest BCUT2D eigenvalue weighted by Crippen LogP contribution is -2.17. The molecule has 0 aliphatic carbocycles. The van der Waals surface area contributed by atoms with Crippen LogP contribution in [-0.4, -0.2) is 32.1 Å². The van der Waals surface area contributed by atoms with E-state index in [1.807, 2.05) is 49.1 Å². The predicted octanol–water partition coefficient (Wildman–Crippen LogP) is 2.50. The molecule has 0 fully saturated rings. The van der Waals surface area contributed by atoms with Crippen molar-refractivity contribution in [3.05, 3.63) is 66.4 Å². The summed E-state index contributed by atoms with van der Waals surface area (Å²) in [5.41, 5.74) is 4.51. The largest absolute Gasteiger partial charge is 0.298 e. The summed E-state index contributed by atoms with van der Waals surface area (Å²) < 4.78 is 0. The third-order valence-electron chi connectivity index (χ3n) is 3.31. The smallest absolute Gasteiger partial charge is 0.0710 e. The Morgan fingerprint density at radius 3 is 2.62 bits per heavy atom. The van der Waals surface area contributed by atoms with E-state index < -0.39 is 0 Å². The summed E-state index contributed by atoms with van der Waals surface area (Å²) in [5, 5.41) is 7.23. The molecule has 3 aromatic rings. The molecule has 5 heteroatoms. The van der Waals surface area contributed by atoms with Gasteiger partial charge in [-0.2, -0.15) is 5.10 Å². The van der Waals surface area contributed by atoms with Gasteiger partial charge in [0, 0.05) is 49.0 Å². The maximum Gasteiger partial charge on any atom is 0.0710 e. The van der Waals surface area contributed by atoms with Gasteiger partial charge < -0.3 is 0 Å². The molecule has 0 atom stereocenters. The molecule has 0 radical (unpaired) electrons. The van der Waals surface area contributed by atoms with Crippen molar-refractivity contribution >= 4 is 0 Å². The molecular formula is C16H17N5. The van der Waals surface area contributed by atoms with Crippen LogP contribution in [0.1, 0.15) is 11.1 Å². The minimum atomic E-state index is 0.822. The van der Waals surface area contributed by atoms with Crippen LogP contribution in [0.25, 0.3) is 11.3 Å². The Labute approximate surface area is 123 Å². The van der Waals surface area contributed by atoms with Gasteiger partial charge in [-0.15, -0.1) is 0 Å². The highest BCUT2D eigenvalue weighted by Crippen LogP contribution is 2.21. The van der Waals surface area contributed by atoms with Crippen molar-refractivity contribution in [1.82, 2.24) is 25.1 Å². The van der Waals surface area contributed by atoms with Crippen molar-refractivity contribution in [3.8, 4) is 11.3 Å². The lowest BCUT2D eigenvalue weighted by molar-refractivity contribution is 0.319. The highest BCUT2D eigenvalue weighted by Gasteiger charge is 2.10. The Hall–Kier alpha value is -2.53. The summed E-state index contributed by atoms with van der Waals surface area (Å²) in [7, 11) is 2.10. The van der Waals surface area contributed by atoms with Gasteiger partial charge in [0.2, 0.25) is 0 Å². The molecule has 0 saturated carbocycles. The Bertz CT molecular complexity index is 678. The van der Waals surface area contributed by atoms with Crippen LogP contribution in [0.3, 0.4) is 0 Å². The van der Waals surface area contributed by atoms with Crippen LogP contribution in [0.15, 0.2) is 55.2 Å². The van der Waals surface area contributed by atoms with E-state index in [-0.39, 0.29) is 0 Å². The Morgan fingerprint density at radius 1 is 1.00 bits per heavy atom. The third kappa shape index (κ3) is 3.32.